The molecule has 0 fully saturated rings. The number of hydrogen-bond donors (Lipinski definition) is 1. The van der Waals surface area contributed by atoms with Crippen molar-refractivity contribution in [2.45, 2.75) is 0 Å². The molecule has 0 aliphatic heterocycles. The quantitative estimate of drug-likeness (QED) is 0.586. The number of nitrogens with one attached hydrogen (secondary N) is 1. The molecule has 0 radical (unpaired) electrons. The van der Waals surface area contributed by atoms with Crippen LogP contribution in [0.15, 0.2) is 59.5 Å². The molecule has 0 saturated carbocycles. The van der Waals surface area contributed by atoms with E-state index in [0.29, 0.717) is 0 Å². The Balaban J connectivity index is 0.000000128. The standard InChI is InChI=1S/C7H5NO.C4H5N/c1-2-4-7-6(3-1)5-8-9-7;1-2-4-5-3-1/h1-5H;1-5H. The lowest BCUT2D eigenvalue weighted by Crippen LogP contribution is -1.57. The molecule has 1 N–H and O–H groups in total. The topological polar surface area (TPSA) is 41.8 Å². The van der Waals surface area contributed by atoms with E-state index < -0.39 is 0 Å². The van der Waals surface area contributed by atoms with Crippen LogP contribution in [0.3, 0.4) is 0 Å². The Morgan fingerprint density at radius 3 is 2.43 bits per heavy atom. The van der Waals surface area contributed by atoms with E-state index in [1.54, 1.807) is 6.20 Å². The van der Waals surface area contributed by atoms with Crippen LogP contribution in [0, 0.1) is 0 Å². The number of hydrogen-bond acceptors (Lipinski definition) is 2. The number of para-hydroxylation sites is 1. The predicted molar refractivity (Wildman–Crippen MR) is 54.8 cm³/mol. The molecule has 14 heavy (non-hydrogen) atoms. The fourth-order valence-corrected chi connectivity index (χ4v) is 1.09. The minimum Gasteiger partial charge on any atom is -0.368 e. The van der Waals surface area contributed by atoms with Gasteiger partial charge in [-0.1, -0.05) is 17.3 Å². The van der Waals surface area contributed by atoms with Crippen LogP contribution in [0.2, 0.25) is 0 Å². The molecule has 0 aliphatic rings. The van der Waals surface area contributed by atoms with Gasteiger partial charge in [-0.15, -0.1) is 0 Å². The highest BCUT2D eigenvalue weighted by atomic mass is 16.5. The van der Waals surface area contributed by atoms with E-state index in [4.69, 9.17) is 4.52 Å². The zero-order valence-electron chi connectivity index (χ0n) is 7.55. The van der Waals surface area contributed by atoms with Crippen LogP contribution in [0.25, 0.3) is 11.0 Å². The molecule has 0 saturated heterocycles. The minimum atomic E-state index is 0.845. The van der Waals surface area contributed by atoms with Crippen molar-refractivity contribution in [2.24, 2.45) is 0 Å². The number of rotatable bonds is 0. The summed E-state index contributed by atoms with van der Waals surface area (Å²) in [7, 11) is 0. The third-order valence-electron chi connectivity index (χ3n) is 1.76. The lowest BCUT2D eigenvalue weighted by Gasteiger charge is -1.78. The van der Waals surface area contributed by atoms with Gasteiger partial charge >= 0.3 is 0 Å². The van der Waals surface area contributed by atoms with Gasteiger partial charge in [0, 0.05) is 17.8 Å². The monoisotopic (exact) mass is 186 g/mol. The zero-order chi connectivity index (χ0) is 9.64. The molecule has 3 aromatic rings. The molecule has 2 aromatic heterocycles. The summed E-state index contributed by atoms with van der Waals surface area (Å²) < 4.78 is 4.87. The van der Waals surface area contributed by atoms with Gasteiger partial charge < -0.3 is 9.51 Å². The first kappa shape index (κ1) is 8.56. The van der Waals surface area contributed by atoms with Gasteiger partial charge in [-0.2, -0.15) is 0 Å². The molecular formula is C11H10N2O. The van der Waals surface area contributed by atoms with Crippen molar-refractivity contribution in [3.8, 4) is 0 Å². The van der Waals surface area contributed by atoms with Gasteiger partial charge in [0.15, 0.2) is 5.58 Å². The summed E-state index contributed by atoms with van der Waals surface area (Å²) in [4.78, 5) is 2.86. The van der Waals surface area contributed by atoms with Crippen LogP contribution >= 0.6 is 0 Å². The maximum atomic E-state index is 4.87. The molecule has 3 heteroatoms. The van der Waals surface area contributed by atoms with Crippen molar-refractivity contribution in [2.75, 3.05) is 0 Å². The number of benzene rings is 1. The molecular weight excluding hydrogens is 176 g/mol. The third-order valence-corrected chi connectivity index (χ3v) is 1.76. The van der Waals surface area contributed by atoms with Crippen LogP contribution in [0.5, 0.6) is 0 Å². The molecule has 0 atom stereocenters. The van der Waals surface area contributed by atoms with Crippen molar-refractivity contribution >= 4 is 11.0 Å². The normalized spacial score (nSPS) is 9.43. The van der Waals surface area contributed by atoms with Gasteiger partial charge in [-0.05, 0) is 24.3 Å². The second-order valence-electron chi connectivity index (χ2n) is 2.75. The largest absolute Gasteiger partial charge is 0.368 e. The Bertz CT molecular complexity index is 423. The maximum absolute atomic E-state index is 4.87. The molecule has 3 nitrogen and oxygen atoms in total. The second-order valence-corrected chi connectivity index (χ2v) is 2.75. The van der Waals surface area contributed by atoms with E-state index in [1.165, 1.54) is 0 Å². The maximum Gasteiger partial charge on any atom is 0.166 e. The van der Waals surface area contributed by atoms with Crippen molar-refractivity contribution in [1.29, 1.82) is 0 Å². The summed E-state index contributed by atoms with van der Waals surface area (Å²) in [5.74, 6) is 0. The first-order valence-electron chi connectivity index (χ1n) is 4.34. The van der Waals surface area contributed by atoms with E-state index in [2.05, 4.69) is 10.1 Å². The van der Waals surface area contributed by atoms with Gasteiger partial charge in [0.25, 0.3) is 0 Å². The van der Waals surface area contributed by atoms with Crippen LogP contribution in [-0.2, 0) is 0 Å². The number of fused-ring (bicyclic) bond motifs is 1. The molecule has 0 bridgehead atoms. The lowest BCUT2D eigenvalue weighted by molar-refractivity contribution is 0.456. The highest BCUT2D eigenvalue weighted by molar-refractivity contribution is 5.75. The SMILES string of the molecule is c1cc[nH]c1.c1ccc2oncc2c1. The Morgan fingerprint density at radius 1 is 1.00 bits per heavy atom. The average molecular weight is 186 g/mol. The molecule has 70 valence electrons. The van der Waals surface area contributed by atoms with Crippen LogP contribution in [-0.4, -0.2) is 10.1 Å². The molecule has 0 aliphatic carbocycles. The first-order valence-corrected chi connectivity index (χ1v) is 4.34. The van der Waals surface area contributed by atoms with Gasteiger partial charge in [0.1, 0.15) is 0 Å². The predicted octanol–water partition coefficient (Wildman–Crippen LogP) is 2.84. The number of H-pyrrole nitrogens is 1. The summed E-state index contributed by atoms with van der Waals surface area (Å²) in [6.07, 6.45) is 5.45. The van der Waals surface area contributed by atoms with Crippen LogP contribution in [0.1, 0.15) is 0 Å². The van der Waals surface area contributed by atoms with Crippen molar-refractivity contribution < 1.29 is 4.52 Å². The lowest BCUT2D eigenvalue weighted by atomic mass is 10.3. The summed E-state index contributed by atoms with van der Waals surface area (Å²) in [5, 5.41) is 4.68. The van der Waals surface area contributed by atoms with E-state index in [9.17, 15) is 0 Å². The fraction of sp³-hybridized carbons (Fsp3) is 0. The first-order chi connectivity index (χ1) is 6.97. The highest BCUT2D eigenvalue weighted by Gasteiger charge is 1.91. The van der Waals surface area contributed by atoms with E-state index in [0.717, 1.165) is 11.0 Å². The average Bonchev–Trinajstić information content (AvgIpc) is 2.92. The second kappa shape index (κ2) is 4.28. The summed E-state index contributed by atoms with van der Waals surface area (Å²) >= 11 is 0. The minimum absolute atomic E-state index is 0.845. The van der Waals surface area contributed by atoms with Crippen molar-refractivity contribution in [1.82, 2.24) is 10.1 Å². The van der Waals surface area contributed by atoms with Gasteiger partial charge in [0.2, 0.25) is 0 Å². The summed E-state index contributed by atoms with van der Waals surface area (Å²) in [6.45, 7) is 0. The number of nitrogens with zero attached hydrogens (tertiary/aromatic N) is 1. The summed E-state index contributed by atoms with van der Waals surface area (Å²) in [6, 6.07) is 11.6. The third kappa shape index (κ3) is 2.01. The smallest absolute Gasteiger partial charge is 0.166 e. The Labute approximate surface area is 81.4 Å². The van der Waals surface area contributed by atoms with Crippen molar-refractivity contribution in [3.63, 3.8) is 0 Å². The van der Waals surface area contributed by atoms with E-state index in [-0.39, 0.29) is 0 Å². The van der Waals surface area contributed by atoms with Gasteiger partial charge in [0.05, 0.1) is 6.20 Å². The number of aromatic nitrogens is 2. The van der Waals surface area contributed by atoms with Crippen LogP contribution < -0.4 is 0 Å². The van der Waals surface area contributed by atoms with Gasteiger partial charge in [-0.25, -0.2) is 0 Å². The van der Waals surface area contributed by atoms with Crippen LogP contribution in [0.4, 0.5) is 0 Å². The Hall–Kier alpha value is -2.03. The van der Waals surface area contributed by atoms with Crippen molar-refractivity contribution in [3.05, 3.63) is 55.0 Å². The highest BCUT2D eigenvalue weighted by Crippen LogP contribution is 2.10. The molecule has 2 heterocycles. The Kier molecular flexibility index (Phi) is 2.62. The molecule has 0 spiro atoms. The molecule has 3 rings (SSSR count). The molecule has 0 amide bonds. The molecule has 0 unspecified atom stereocenters. The summed E-state index contributed by atoms with van der Waals surface area (Å²) in [5.41, 5.74) is 0.845. The molecule has 1 aromatic carbocycles. The van der Waals surface area contributed by atoms with E-state index in [1.807, 2.05) is 48.8 Å². The fourth-order valence-electron chi connectivity index (χ4n) is 1.09. The van der Waals surface area contributed by atoms with E-state index >= 15 is 0 Å². The van der Waals surface area contributed by atoms with Gasteiger partial charge in [-0.3, -0.25) is 0 Å². The Morgan fingerprint density at radius 2 is 1.79 bits per heavy atom. The zero-order valence-corrected chi connectivity index (χ0v) is 7.55. The number of aromatic amines is 1.